The number of rotatable bonds is 0. The van der Waals surface area contributed by atoms with Gasteiger partial charge in [-0.05, 0) is 0 Å². The van der Waals surface area contributed by atoms with Crippen LogP contribution in [0.5, 0.6) is 0 Å². The molecule has 0 saturated carbocycles. The van der Waals surface area contributed by atoms with E-state index in [1.54, 1.807) is 5.43 Å². The molecule has 0 spiro atoms. The van der Waals surface area contributed by atoms with Gasteiger partial charge in [0.15, 0.2) is 0 Å². The van der Waals surface area contributed by atoms with E-state index in [1.165, 1.54) is 0 Å². The van der Waals surface area contributed by atoms with Crippen LogP contribution in [-0.4, -0.2) is 35.8 Å². The van der Waals surface area contributed by atoms with E-state index >= 15 is 0 Å². The van der Waals surface area contributed by atoms with Gasteiger partial charge in [-0.3, -0.25) is 19.9 Å². The molecule has 4 amide bonds. The summed E-state index contributed by atoms with van der Waals surface area (Å²) in [5.41, 5.74) is 1.77. The minimum Gasteiger partial charge on any atom is -0.346 e. The molecule has 1 saturated heterocycles. The molecular weight excluding hydrogens is 164 g/mol. The fourth-order valence-corrected chi connectivity index (χ4v) is 0.853. The predicted molar refractivity (Wildman–Crippen MR) is 37.4 cm³/mol. The lowest BCUT2D eigenvalue weighted by Crippen LogP contribution is -2.57. The van der Waals surface area contributed by atoms with Gasteiger partial charge in [0, 0.05) is 13.1 Å². The maximum Gasteiger partial charge on any atom is 0.338 e. The average molecular weight is 172 g/mol. The largest absolute Gasteiger partial charge is 0.346 e. The van der Waals surface area contributed by atoms with Gasteiger partial charge in [0.1, 0.15) is 0 Å². The van der Waals surface area contributed by atoms with Crippen LogP contribution in [0.2, 0.25) is 0 Å². The van der Waals surface area contributed by atoms with Gasteiger partial charge >= 0.3 is 17.8 Å². The molecule has 1 fully saturated rings. The molecule has 66 valence electrons. The van der Waals surface area contributed by atoms with Crippen molar-refractivity contribution < 1.29 is 14.4 Å². The topological polar surface area (TPSA) is 105 Å². The average Bonchev–Trinajstić information content (AvgIpc) is 2.08. The third kappa shape index (κ3) is 1.35. The summed E-state index contributed by atoms with van der Waals surface area (Å²) in [7, 11) is 0. The zero-order chi connectivity index (χ0) is 9.14. The minimum absolute atomic E-state index is 0.146. The number of imide groups is 1. The van der Waals surface area contributed by atoms with Crippen molar-refractivity contribution >= 4 is 17.8 Å². The highest BCUT2D eigenvalue weighted by Gasteiger charge is 2.30. The number of nitrogens with one attached hydrogen (secondary N) is 2. The van der Waals surface area contributed by atoms with Gasteiger partial charge < -0.3 is 5.32 Å². The van der Waals surface area contributed by atoms with Gasteiger partial charge in [-0.15, -0.1) is 0 Å². The number of hydrogen-bond acceptors (Lipinski definition) is 4. The normalized spacial score (nSPS) is 17.2. The Morgan fingerprint density at radius 3 is 2.83 bits per heavy atom. The molecule has 1 heterocycles. The number of amides is 4. The van der Waals surface area contributed by atoms with Crippen molar-refractivity contribution in [2.45, 2.75) is 0 Å². The van der Waals surface area contributed by atoms with Crippen LogP contribution in [0.15, 0.2) is 0 Å². The first-order chi connectivity index (χ1) is 5.66. The number of nitrogens with two attached hydrogens (primary N) is 1. The van der Waals surface area contributed by atoms with Crippen molar-refractivity contribution in [3.8, 4) is 0 Å². The van der Waals surface area contributed by atoms with Gasteiger partial charge in [0.2, 0.25) is 0 Å². The van der Waals surface area contributed by atoms with E-state index in [-0.39, 0.29) is 13.1 Å². The summed E-state index contributed by atoms with van der Waals surface area (Å²) < 4.78 is 0. The Bertz CT molecular complexity index is 239. The van der Waals surface area contributed by atoms with Gasteiger partial charge in [0.05, 0.1) is 0 Å². The van der Waals surface area contributed by atoms with Gasteiger partial charge in [0.25, 0.3) is 0 Å². The van der Waals surface area contributed by atoms with Crippen LogP contribution in [-0.2, 0) is 9.59 Å². The smallest absolute Gasteiger partial charge is 0.338 e. The second-order valence-corrected chi connectivity index (χ2v) is 2.16. The third-order valence-corrected chi connectivity index (χ3v) is 1.43. The minimum atomic E-state index is -0.885. The fraction of sp³-hybridized carbons (Fsp3) is 0.400. The van der Waals surface area contributed by atoms with Crippen LogP contribution < -0.4 is 16.6 Å². The monoisotopic (exact) mass is 172 g/mol. The van der Waals surface area contributed by atoms with Crippen LogP contribution in [0.25, 0.3) is 0 Å². The molecule has 4 N–H and O–H groups in total. The molecule has 0 atom stereocenters. The highest BCUT2D eigenvalue weighted by Crippen LogP contribution is 1.94. The number of carbonyl (C=O) groups is 3. The molecule has 0 aromatic heterocycles. The van der Waals surface area contributed by atoms with E-state index in [0.29, 0.717) is 0 Å². The SMILES string of the molecule is NNC(=O)N1CCNC(=O)C1=O. The second-order valence-electron chi connectivity index (χ2n) is 2.16. The lowest BCUT2D eigenvalue weighted by atomic mass is 10.3. The molecule has 0 unspecified atom stereocenters. The Morgan fingerprint density at radius 2 is 2.25 bits per heavy atom. The first-order valence-corrected chi connectivity index (χ1v) is 3.27. The van der Waals surface area contributed by atoms with Gasteiger partial charge in [-0.25, -0.2) is 10.6 Å². The Kier molecular flexibility index (Phi) is 2.24. The molecule has 1 aliphatic heterocycles. The summed E-state index contributed by atoms with van der Waals surface area (Å²) in [6.07, 6.45) is 0. The standard InChI is InChI=1S/C5H8N4O3/c6-8-5(12)9-2-1-7-3(10)4(9)11/h1-2,6H2,(H,7,10)(H,8,12). The van der Waals surface area contributed by atoms with Crippen LogP contribution in [0, 0.1) is 0 Å². The predicted octanol–water partition coefficient (Wildman–Crippen LogP) is -2.47. The van der Waals surface area contributed by atoms with Crippen LogP contribution in [0.1, 0.15) is 0 Å². The third-order valence-electron chi connectivity index (χ3n) is 1.43. The van der Waals surface area contributed by atoms with E-state index in [2.05, 4.69) is 5.32 Å². The molecule has 12 heavy (non-hydrogen) atoms. The van der Waals surface area contributed by atoms with Crippen LogP contribution >= 0.6 is 0 Å². The first kappa shape index (κ1) is 8.47. The maximum atomic E-state index is 10.9. The number of hydrogen-bond donors (Lipinski definition) is 3. The van der Waals surface area contributed by atoms with E-state index in [0.717, 1.165) is 4.90 Å². The number of hydrazine groups is 1. The van der Waals surface area contributed by atoms with Gasteiger partial charge in [-0.1, -0.05) is 0 Å². The number of nitrogens with zero attached hydrogens (tertiary/aromatic N) is 1. The summed E-state index contributed by atoms with van der Waals surface area (Å²) >= 11 is 0. The molecule has 0 aromatic rings. The second kappa shape index (κ2) is 3.18. The molecule has 0 aromatic carbocycles. The molecule has 1 rings (SSSR count). The zero-order valence-corrected chi connectivity index (χ0v) is 6.16. The van der Waals surface area contributed by atoms with E-state index in [4.69, 9.17) is 5.84 Å². The number of piperazine rings is 1. The highest BCUT2D eigenvalue weighted by atomic mass is 16.2. The summed E-state index contributed by atoms with van der Waals surface area (Å²) in [6.45, 7) is 0.408. The Labute approximate surface area is 67.8 Å². The van der Waals surface area contributed by atoms with Crippen molar-refractivity contribution in [2.24, 2.45) is 5.84 Å². The van der Waals surface area contributed by atoms with Gasteiger partial charge in [-0.2, -0.15) is 0 Å². The Balaban J connectivity index is 2.70. The fourth-order valence-electron chi connectivity index (χ4n) is 0.853. The molecule has 0 bridgehead atoms. The van der Waals surface area contributed by atoms with E-state index in [1.807, 2.05) is 0 Å². The molecule has 0 aliphatic carbocycles. The summed E-state index contributed by atoms with van der Waals surface area (Å²) in [6, 6.07) is -0.769. The van der Waals surface area contributed by atoms with Crippen molar-refractivity contribution in [1.82, 2.24) is 15.6 Å². The van der Waals surface area contributed by atoms with E-state index < -0.39 is 17.8 Å². The zero-order valence-electron chi connectivity index (χ0n) is 6.16. The summed E-state index contributed by atoms with van der Waals surface area (Å²) in [4.78, 5) is 33.2. The van der Waals surface area contributed by atoms with E-state index in [9.17, 15) is 14.4 Å². The summed E-state index contributed by atoms with van der Waals surface area (Å²) in [5, 5.41) is 2.29. The molecular formula is C5H8N4O3. The molecule has 1 aliphatic rings. The molecule has 7 nitrogen and oxygen atoms in total. The Hall–Kier alpha value is -1.63. The van der Waals surface area contributed by atoms with Crippen molar-refractivity contribution in [2.75, 3.05) is 13.1 Å². The number of urea groups is 1. The van der Waals surface area contributed by atoms with Crippen molar-refractivity contribution in [3.63, 3.8) is 0 Å². The first-order valence-electron chi connectivity index (χ1n) is 3.27. The maximum absolute atomic E-state index is 10.9. The lowest BCUT2D eigenvalue weighted by molar-refractivity contribution is -0.145. The van der Waals surface area contributed by atoms with Crippen molar-refractivity contribution in [3.05, 3.63) is 0 Å². The number of carbonyl (C=O) groups excluding carboxylic acids is 3. The highest BCUT2D eigenvalue weighted by molar-refractivity contribution is 6.38. The van der Waals surface area contributed by atoms with Crippen LogP contribution in [0.3, 0.4) is 0 Å². The van der Waals surface area contributed by atoms with Crippen molar-refractivity contribution in [1.29, 1.82) is 0 Å². The quantitative estimate of drug-likeness (QED) is 0.163. The van der Waals surface area contributed by atoms with Crippen LogP contribution in [0.4, 0.5) is 4.79 Å². The molecule has 0 radical (unpaired) electrons. The Morgan fingerprint density at radius 1 is 1.58 bits per heavy atom. The molecule has 7 heteroatoms. The summed E-state index contributed by atoms with van der Waals surface area (Å²) in [5.74, 6) is 3.11. The lowest BCUT2D eigenvalue weighted by Gasteiger charge is -2.23.